The number of benzene rings is 2. The quantitative estimate of drug-likeness (QED) is 0.858. The van der Waals surface area contributed by atoms with Crippen molar-refractivity contribution in [1.82, 2.24) is 0 Å². The van der Waals surface area contributed by atoms with Crippen molar-refractivity contribution in [3.8, 4) is 5.75 Å². The Balaban J connectivity index is 2.33. The van der Waals surface area contributed by atoms with Gasteiger partial charge in [-0.3, -0.25) is 4.79 Å². The molecular weight excluding hydrogens is 331 g/mol. The number of alkyl halides is 3. The smallest absolute Gasteiger partial charge is 0.416 e. The van der Waals surface area contributed by atoms with Crippen LogP contribution >= 0.6 is 11.6 Å². The summed E-state index contributed by atoms with van der Waals surface area (Å²) < 4.78 is 43.8. The number of carbonyl (C=O) groups excluding carboxylic acids is 1. The summed E-state index contributed by atoms with van der Waals surface area (Å²) in [6.45, 7) is 1.36. The van der Waals surface area contributed by atoms with Gasteiger partial charge in [-0.15, -0.1) is 0 Å². The van der Waals surface area contributed by atoms with Gasteiger partial charge in [0.1, 0.15) is 5.75 Å². The first kappa shape index (κ1) is 17.1. The summed E-state index contributed by atoms with van der Waals surface area (Å²) in [5, 5.41) is 2.74. The molecule has 0 unspecified atom stereocenters. The van der Waals surface area contributed by atoms with Gasteiger partial charge in [0, 0.05) is 10.7 Å². The van der Waals surface area contributed by atoms with Crippen LogP contribution in [0, 0.1) is 6.92 Å². The number of nitrogens with one attached hydrogen (secondary N) is 1. The third kappa shape index (κ3) is 3.96. The SMILES string of the molecule is COc1ccc(Cl)cc1C(=O)Nc1ccc(C)c(C(F)(F)F)c1. The van der Waals surface area contributed by atoms with E-state index in [1.807, 2.05) is 0 Å². The van der Waals surface area contributed by atoms with Crippen LogP contribution in [0.15, 0.2) is 36.4 Å². The lowest BCUT2D eigenvalue weighted by atomic mass is 10.1. The highest BCUT2D eigenvalue weighted by Gasteiger charge is 2.32. The molecule has 2 rings (SSSR count). The third-order valence-corrected chi connectivity index (χ3v) is 3.44. The van der Waals surface area contributed by atoms with E-state index in [2.05, 4.69) is 5.32 Å². The minimum absolute atomic E-state index is 0.0370. The summed E-state index contributed by atoms with van der Waals surface area (Å²) in [4.78, 5) is 12.3. The molecular formula is C16H13ClF3NO2. The summed E-state index contributed by atoms with van der Waals surface area (Å²) in [7, 11) is 1.38. The van der Waals surface area contributed by atoms with Crippen molar-refractivity contribution in [1.29, 1.82) is 0 Å². The summed E-state index contributed by atoms with van der Waals surface area (Å²) in [5.74, 6) is -0.337. The van der Waals surface area contributed by atoms with E-state index in [-0.39, 0.29) is 22.6 Å². The molecule has 0 saturated heterocycles. The molecule has 0 saturated carbocycles. The van der Waals surface area contributed by atoms with Gasteiger partial charge >= 0.3 is 6.18 Å². The zero-order valence-electron chi connectivity index (χ0n) is 12.3. The fraction of sp³-hybridized carbons (Fsp3) is 0.188. The van der Waals surface area contributed by atoms with Crippen LogP contribution in [0.25, 0.3) is 0 Å². The second-order valence-electron chi connectivity index (χ2n) is 4.83. The van der Waals surface area contributed by atoms with Crippen molar-refractivity contribution in [3.63, 3.8) is 0 Å². The molecule has 122 valence electrons. The average molecular weight is 344 g/mol. The van der Waals surface area contributed by atoms with E-state index in [0.717, 1.165) is 6.07 Å². The number of rotatable bonds is 3. The number of carbonyl (C=O) groups is 1. The van der Waals surface area contributed by atoms with Crippen LogP contribution in [-0.2, 0) is 6.18 Å². The van der Waals surface area contributed by atoms with Crippen molar-refractivity contribution in [2.24, 2.45) is 0 Å². The van der Waals surface area contributed by atoms with Gasteiger partial charge < -0.3 is 10.1 Å². The number of methoxy groups -OCH3 is 1. The van der Waals surface area contributed by atoms with E-state index in [0.29, 0.717) is 5.02 Å². The lowest BCUT2D eigenvalue weighted by Gasteiger charge is -2.14. The van der Waals surface area contributed by atoms with E-state index in [1.54, 1.807) is 6.07 Å². The molecule has 3 nitrogen and oxygen atoms in total. The zero-order valence-corrected chi connectivity index (χ0v) is 13.0. The summed E-state index contributed by atoms with van der Waals surface area (Å²) >= 11 is 5.84. The van der Waals surface area contributed by atoms with Crippen molar-refractivity contribution in [3.05, 3.63) is 58.1 Å². The fourth-order valence-corrected chi connectivity index (χ4v) is 2.23. The zero-order chi connectivity index (χ0) is 17.2. The van der Waals surface area contributed by atoms with E-state index >= 15 is 0 Å². The molecule has 0 heterocycles. The van der Waals surface area contributed by atoms with Crippen molar-refractivity contribution in [2.75, 3.05) is 12.4 Å². The van der Waals surface area contributed by atoms with Crippen LogP contribution < -0.4 is 10.1 Å². The van der Waals surface area contributed by atoms with Crippen LogP contribution in [-0.4, -0.2) is 13.0 Å². The monoisotopic (exact) mass is 343 g/mol. The van der Waals surface area contributed by atoms with Gasteiger partial charge in [0.05, 0.1) is 18.2 Å². The van der Waals surface area contributed by atoms with E-state index in [9.17, 15) is 18.0 Å². The highest BCUT2D eigenvalue weighted by atomic mass is 35.5. The molecule has 1 N–H and O–H groups in total. The highest BCUT2D eigenvalue weighted by molar-refractivity contribution is 6.31. The highest BCUT2D eigenvalue weighted by Crippen LogP contribution is 2.33. The maximum Gasteiger partial charge on any atom is 0.416 e. The molecule has 23 heavy (non-hydrogen) atoms. The van der Waals surface area contributed by atoms with Gasteiger partial charge in [0.25, 0.3) is 5.91 Å². The van der Waals surface area contributed by atoms with Crippen LogP contribution in [0.1, 0.15) is 21.5 Å². The van der Waals surface area contributed by atoms with Crippen LogP contribution in [0.2, 0.25) is 5.02 Å². The van der Waals surface area contributed by atoms with Gasteiger partial charge in [-0.05, 0) is 42.8 Å². The predicted octanol–water partition coefficient (Wildman–Crippen LogP) is 4.93. The molecule has 1 amide bonds. The number of aryl methyl sites for hydroxylation is 1. The van der Waals surface area contributed by atoms with Gasteiger partial charge in [0.15, 0.2) is 0 Å². The summed E-state index contributed by atoms with van der Waals surface area (Å²) in [5.41, 5.74) is -0.548. The molecule has 0 radical (unpaired) electrons. The van der Waals surface area contributed by atoms with Gasteiger partial charge in [-0.25, -0.2) is 0 Å². The minimum atomic E-state index is -4.49. The number of amides is 1. The number of hydrogen-bond donors (Lipinski definition) is 1. The van der Waals surface area contributed by atoms with E-state index < -0.39 is 17.6 Å². The molecule has 0 spiro atoms. The molecule has 0 aromatic heterocycles. The fourth-order valence-electron chi connectivity index (χ4n) is 2.06. The van der Waals surface area contributed by atoms with E-state index in [4.69, 9.17) is 16.3 Å². The normalized spacial score (nSPS) is 11.2. The Bertz CT molecular complexity index is 745. The largest absolute Gasteiger partial charge is 0.496 e. The maximum atomic E-state index is 12.9. The number of hydrogen-bond acceptors (Lipinski definition) is 2. The first-order valence-electron chi connectivity index (χ1n) is 6.55. The van der Waals surface area contributed by atoms with Crippen molar-refractivity contribution >= 4 is 23.2 Å². The Morgan fingerprint density at radius 2 is 1.87 bits per heavy atom. The maximum absolute atomic E-state index is 12.9. The number of anilines is 1. The van der Waals surface area contributed by atoms with Gasteiger partial charge in [-0.1, -0.05) is 17.7 Å². The molecule has 0 aliphatic carbocycles. The standard InChI is InChI=1S/C16H13ClF3NO2/c1-9-3-5-11(8-13(9)16(18,19)20)21-15(22)12-7-10(17)4-6-14(12)23-2/h3-8H,1-2H3,(H,21,22). The molecule has 0 atom stereocenters. The molecule has 0 fully saturated rings. The van der Waals surface area contributed by atoms with E-state index in [1.165, 1.54) is 38.3 Å². The number of halogens is 4. The first-order chi connectivity index (χ1) is 10.7. The van der Waals surface area contributed by atoms with Crippen LogP contribution in [0.5, 0.6) is 5.75 Å². The van der Waals surface area contributed by atoms with Crippen molar-refractivity contribution < 1.29 is 22.7 Å². The summed E-state index contributed by atoms with van der Waals surface area (Å²) in [6.07, 6.45) is -4.49. The average Bonchev–Trinajstić information content (AvgIpc) is 2.48. The molecule has 0 aliphatic rings. The minimum Gasteiger partial charge on any atom is -0.496 e. The summed E-state index contributed by atoms with van der Waals surface area (Å²) in [6, 6.07) is 8.03. The Kier molecular flexibility index (Phi) is 4.85. The molecule has 2 aromatic rings. The predicted molar refractivity (Wildman–Crippen MR) is 82.1 cm³/mol. The van der Waals surface area contributed by atoms with Gasteiger partial charge in [-0.2, -0.15) is 13.2 Å². The lowest BCUT2D eigenvalue weighted by Crippen LogP contribution is -2.15. The Morgan fingerprint density at radius 1 is 1.17 bits per heavy atom. The first-order valence-corrected chi connectivity index (χ1v) is 6.93. The lowest BCUT2D eigenvalue weighted by molar-refractivity contribution is -0.138. The Hall–Kier alpha value is -2.21. The number of ether oxygens (including phenoxy) is 1. The Labute approximate surface area is 136 Å². The molecule has 2 aromatic carbocycles. The topological polar surface area (TPSA) is 38.3 Å². The second kappa shape index (κ2) is 6.50. The molecule has 0 aliphatic heterocycles. The van der Waals surface area contributed by atoms with Gasteiger partial charge in [0.2, 0.25) is 0 Å². The Morgan fingerprint density at radius 3 is 2.48 bits per heavy atom. The molecule has 0 bridgehead atoms. The molecule has 7 heteroatoms. The van der Waals surface area contributed by atoms with Crippen molar-refractivity contribution in [2.45, 2.75) is 13.1 Å². The van der Waals surface area contributed by atoms with Crippen LogP contribution in [0.4, 0.5) is 18.9 Å². The third-order valence-electron chi connectivity index (χ3n) is 3.21. The second-order valence-corrected chi connectivity index (χ2v) is 5.26. The van der Waals surface area contributed by atoms with Crippen LogP contribution in [0.3, 0.4) is 0 Å².